The number of nitrogens with zero attached hydrogens (tertiary/aromatic N) is 1. The largest absolute Gasteiger partial charge is 0.493 e. The summed E-state index contributed by atoms with van der Waals surface area (Å²) in [4.78, 5) is 25.1. The lowest BCUT2D eigenvalue weighted by Crippen LogP contribution is -2.35. The van der Waals surface area contributed by atoms with Crippen molar-refractivity contribution in [1.82, 2.24) is 5.43 Å². The van der Waals surface area contributed by atoms with Crippen molar-refractivity contribution in [1.29, 1.82) is 0 Å². The van der Waals surface area contributed by atoms with Gasteiger partial charge in [-0.25, -0.2) is 5.01 Å². The molecule has 2 aromatic carbocycles. The molecular formula is C20H18Cl2N2O4. The summed E-state index contributed by atoms with van der Waals surface area (Å²) in [6, 6.07) is 9.86. The fourth-order valence-corrected chi connectivity index (χ4v) is 2.93. The predicted octanol–water partition coefficient (Wildman–Crippen LogP) is 4.25. The fourth-order valence-electron chi connectivity index (χ4n) is 2.64. The van der Waals surface area contributed by atoms with Gasteiger partial charge >= 0.3 is 0 Å². The summed E-state index contributed by atoms with van der Waals surface area (Å²) in [5, 5.41) is 1.78. The van der Waals surface area contributed by atoms with Crippen molar-refractivity contribution in [2.75, 3.05) is 18.7 Å². The van der Waals surface area contributed by atoms with E-state index in [0.717, 1.165) is 11.4 Å². The number of nitrogens with one attached hydrogen (secondary N) is 1. The number of carbonyl (C=O) groups excluding carboxylic acids is 2. The molecule has 0 unspecified atom stereocenters. The smallest absolute Gasteiger partial charge is 0.282 e. The van der Waals surface area contributed by atoms with Crippen LogP contribution < -0.4 is 19.9 Å². The Kier molecular flexibility index (Phi) is 6.11. The van der Waals surface area contributed by atoms with Crippen LogP contribution in [0, 0.1) is 0 Å². The van der Waals surface area contributed by atoms with Crippen LogP contribution >= 0.6 is 23.2 Å². The summed E-state index contributed by atoms with van der Waals surface area (Å²) < 4.78 is 11.0. The van der Waals surface area contributed by atoms with Gasteiger partial charge in [-0.1, -0.05) is 36.2 Å². The monoisotopic (exact) mass is 420 g/mol. The van der Waals surface area contributed by atoms with Crippen molar-refractivity contribution in [3.63, 3.8) is 0 Å². The number of hydrogen-bond donors (Lipinski definition) is 1. The molecule has 6 nitrogen and oxygen atoms in total. The lowest BCUT2D eigenvalue weighted by atomic mass is 10.1. The summed E-state index contributed by atoms with van der Waals surface area (Å²) in [7, 11) is 1.55. The first kappa shape index (κ1) is 20.0. The summed E-state index contributed by atoms with van der Waals surface area (Å²) in [6.45, 7) is 2.53. The first-order valence-electron chi connectivity index (χ1n) is 8.57. The van der Waals surface area contributed by atoms with Gasteiger partial charge in [0.2, 0.25) is 0 Å². The van der Waals surface area contributed by atoms with E-state index >= 15 is 0 Å². The van der Waals surface area contributed by atoms with E-state index in [-0.39, 0.29) is 10.6 Å². The topological polar surface area (TPSA) is 67.9 Å². The van der Waals surface area contributed by atoms with Gasteiger partial charge in [0.1, 0.15) is 5.57 Å². The first-order chi connectivity index (χ1) is 13.4. The Hall–Kier alpha value is -2.70. The molecule has 0 radical (unpaired) electrons. The van der Waals surface area contributed by atoms with Crippen molar-refractivity contribution < 1.29 is 19.1 Å². The lowest BCUT2D eigenvalue weighted by molar-refractivity contribution is -0.117. The number of halogens is 2. The standard InChI is InChI=1S/C20H18Cl2N2O4/c1-3-8-28-18-10-12(4-7-17(18)27-2)9-14-19(25)23-24(20(14)26)13-5-6-15(21)16(22)11-13/h4-7,9-11H,3,8H2,1-2H3,(H,23,25). The molecule has 2 aromatic rings. The van der Waals surface area contributed by atoms with Crippen molar-refractivity contribution in [3.05, 3.63) is 57.6 Å². The average molecular weight is 421 g/mol. The number of benzene rings is 2. The molecule has 146 valence electrons. The van der Waals surface area contributed by atoms with E-state index in [0.29, 0.717) is 34.4 Å². The maximum absolute atomic E-state index is 12.7. The van der Waals surface area contributed by atoms with Crippen LogP contribution in [0.3, 0.4) is 0 Å². The summed E-state index contributed by atoms with van der Waals surface area (Å²) in [5.41, 5.74) is 3.58. The molecule has 8 heteroatoms. The Morgan fingerprint density at radius 1 is 1.07 bits per heavy atom. The Morgan fingerprint density at radius 3 is 2.54 bits per heavy atom. The van der Waals surface area contributed by atoms with Gasteiger partial charge in [0, 0.05) is 0 Å². The van der Waals surface area contributed by atoms with Crippen molar-refractivity contribution in [2.45, 2.75) is 13.3 Å². The highest BCUT2D eigenvalue weighted by atomic mass is 35.5. The molecular weight excluding hydrogens is 403 g/mol. The molecule has 1 aliphatic rings. The van der Waals surface area contributed by atoms with Gasteiger partial charge < -0.3 is 9.47 Å². The fraction of sp³-hybridized carbons (Fsp3) is 0.200. The molecule has 2 amide bonds. The predicted molar refractivity (Wildman–Crippen MR) is 109 cm³/mol. The lowest BCUT2D eigenvalue weighted by Gasteiger charge is -2.15. The number of anilines is 1. The van der Waals surface area contributed by atoms with Crippen LogP contribution in [0.1, 0.15) is 18.9 Å². The highest BCUT2D eigenvalue weighted by molar-refractivity contribution is 6.42. The third kappa shape index (κ3) is 4.08. The van der Waals surface area contributed by atoms with Crippen LogP contribution in [0.5, 0.6) is 11.5 Å². The molecule has 1 aliphatic heterocycles. The molecule has 0 aliphatic carbocycles. The van der Waals surface area contributed by atoms with E-state index in [1.807, 2.05) is 6.92 Å². The molecule has 1 saturated heterocycles. The number of hydrazine groups is 1. The van der Waals surface area contributed by atoms with E-state index in [9.17, 15) is 9.59 Å². The van der Waals surface area contributed by atoms with Crippen LogP contribution in [-0.4, -0.2) is 25.5 Å². The van der Waals surface area contributed by atoms with Crippen LogP contribution in [0.15, 0.2) is 42.0 Å². The van der Waals surface area contributed by atoms with E-state index in [1.165, 1.54) is 12.1 Å². The van der Waals surface area contributed by atoms with Crippen molar-refractivity contribution in [3.8, 4) is 11.5 Å². The molecule has 0 aromatic heterocycles. The molecule has 0 atom stereocenters. The molecule has 1 fully saturated rings. The highest BCUT2D eigenvalue weighted by Crippen LogP contribution is 2.31. The third-order valence-corrected chi connectivity index (χ3v) is 4.75. The number of ether oxygens (including phenoxy) is 2. The zero-order chi connectivity index (χ0) is 20.3. The van der Waals surface area contributed by atoms with Crippen molar-refractivity contribution in [2.24, 2.45) is 0 Å². The van der Waals surface area contributed by atoms with Crippen LogP contribution in [-0.2, 0) is 9.59 Å². The molecule has 3 rings (SSSR count). The molecule has 1 N–H and O–H groups in total. The van der Waals surface area contributed by atoms with Crippen LogP contribution in [0.2, 0.25) is 10.0 Å². The van der Waals surface area contributed by atoms with Gasteiger partial charge in [0.25, 0.3) is 11.8 Å². The Morgan fingerprint density at radius 2 is 1.86 bits per heavy atom. The average Bonchev–Trinajstić information content (AvgIpc) is 2.97. The Balaban J connectivity index is 1.90. The van der Waals surface area contributed by atoms with E-state index in [1.54, 1.807) is 37.4 Å². The minimum absolute atomic E-state index is 0.00215. The molecule has 0 spiro atoms. The minimum Gasteiger partial charge on any atom is -0.493 e. The first-order valence-corrected chi connectivity index (χ1v) is 9.33. The maximum atomic E-state index is 12.7. The summed E-state index contributed by atoms with van der Waals surface area (Å²) in [5.74, 6) is 0.124. The zero-order valence-corrected chi connectivity index (χ0v) is 16.8. The minimum atomic E-state index is -0.511. The third-order valence-electron chi connectivity index (χ3n) is 4.01. The summed E-state index contributed by atoms with van der Waals surface area (Å²) in [6.07, 6.45) is 2.35. The van der Waals surface area contributed by atoms with Gasteiger partial charge in [-0.2, -0.15) is 0 Å². The van der Waals surface area contributed by atoms with E-state index in [4.69, 9.17) is 32.7 Å². The highest BCUT2D eigenvalue weighted by Gasteiger charge is 2.34. The number of amides is 2. The summed E-state index contributed by atoms with van der Waals surface area (Å²) >= 11 is 11.9. The van der Waals surface area contributed by atoms with Gasteiger partial charge in [0.15, 0.2) is 11.5 Å². The number of carbonyl (C=O) groups is 2. The Labute approximate surface area is 172 Å². The molecule has 0 saturated carbocycles. The molecule has 0 bridgehead atoms. The van der Waals surface area contributed by atoms with E-state index < -0.39 is 11.8 Å². The van der Waals surface area contributed by atoms with Gasteiger partial charge in [-0.3, -0.25) is 15.0 Å². The second-order valence-electron chi connectivity index (χ2n) is 6.00. The maximum Gasteiger partial charge on any atom is 0.282 e. The van der Waals surface area contributed by atoms with Gasteiger partial charge in [-0.15, -0.1) is 0 Å². The van der Waals surface area contributed by atoms with Gasteiger partial charge in [-0.05, 0) is 48.4 Å². The number of hydrogen-bond acceptors (Lipinski definition) is 4. The number of rotatable bonds is 6. The number of methoxy groups -OCH3 is 1. The SMILES string of the molecule is CCCOc1cc(C=C2C(=O)NN(c3ccc(Cl)c(Cl)c3)C2=O)ccc1OC. The van der Waals surface area contributed by atoms with E-state index in [2.05, 4.69) is 5.43 Å². The Bertz CT molecular complexity index is 959. The second kappa shape index (κ2) is 8.54. The van der Waals surface area contributed by atoms with Crippen LogP contribution in [0.4, 0.5) is 5.69 Å². The quantitative estimate of drug-likeness (QED) is 0.560. The normalized spacial score (nSPS) is 15.1. The second-order valence-corrected chi connectivity index (χ2v) is 6.81. The van der Waals surface area contributed by atoms with Crippen molar-refractivity contribution >= 4 is 46.8 Å². The van der Waals surface area contributed by atoms with Gasteiger partial charge in [0.05, 0.1) is 29.4 Å². The molecule has 28 heavy (non-hydrogen) atoms. The van der Waals surface area contributed by atoms with Crippen LogP contribution in [0.25, 0.3) is 6.08 Å². The zero-order valence-electron chi connectivity index (χ0n) is 15.3. The molecule has 1 heterocycles.